The summed E-state index contributed by atoms with van der Waals surface area (Å²) in [5.41, 5.74) is 4.56. The van der Waals surface area contributed by atoms with Crippen LogP contribution in [0.15, 0.2) is 59.7 Å². The molecule has 2 aromatic carbocycles. The van der Waals surface area contributed by atoms with Crippen molar-refractivity contribution in [1.82, 2.24) is 5.43 Å². The Morgan fingerprint density at radius 2 is 1.96 bits per heavy atom. The van der Waals surface area contributed by atoms with Crippen LogP contribution in [0.1, 0.15) is 43.7 Å². The van der Waals surface area contributed by atoms with Crippen LogP contribution in [-0.2, 0) is 11.4 Å². The van der Waals surface area contributed by atoms with Crippen molar-refractivity contribution in [3.63, 3.8) is 0 Å². The zero-order chi connectivity index (χ0) is 17.0. The smallest absolute Gasteiger partial charge is 0.240 e. The van der Waals surface area contributed by atoms with Crippen LogP contribution in [0.5, 0.6) is 5.75 Å². The zero-order valence-corrected chi connectivity index (χ0v) is 14.1. The lowest BCUT2D eigenvalue weighted by atomic mass is 10.2. The predicted octanol–water partition coefficient (Wildman–Crippen LogP) is 4.30. The summed E-state index contributed by atoms with van der Waals surface area (Å²) in [6.45, 7) is 2.64. The summed E-state index contributed by atoms with van der Waals surface area (Å²) >= 11 is 0. The van der Waals surface area contributed by atoms with Gasteiger partial charge in [0.2, 0.25) is 5.91 Å². The Morgan fingerprint density at radius 1 is 1.12 bits per heavy atom. The third-order valence-corrected chi connectivity index (χ3v) is 3.52. The Labute approximate surface area is 143 Å². The number of hydrogen-bond donors (Lipinski definition) is 1. The molecule has 1 amide bonds. The Hall–Kier alpha value is -2.62. The van der Waals surface area contributed by atoms with E-state index in [2.05, 4.69) is 17.5 Å². The third kappa shape index (κ3) is 6.65. The molecule has 1 N–H and O–H groups in total. The number of benzene rings is 2. The van der Waals surface area contributed by atoms with Crippen molar-refractivity contribution in [2.45, 2.75) is 39.2 Å². The average molecular weight is 324 g/mol. The van der Waals surface area contributed by atoms with Gasteiger partial charge in [-0.1, -0.05) is 62.2 Å². The minimum atomic E-state index is -0.0452. The maximum Gasteiger partial charge on any atom is 0.240 e. The Balaban J connectivity index is 1.81. The molecule has 0 atom stereocenters. The summed E-state index contributed by atoms with van der Waals surface area (Å²) in [6, 6.07) is 17.7. The van der Waals surface area contributed by atoms with Gasteiger partial charge >= 0.3 is 0 Å². The van der Waals surface area contributed by atoms with Gasteiger partial charge in [-0.3, -0.25) is 4.79 Å². The predicted molar refractivity (Wildman–Crippen MR) is 97.1 cm³/mol. The summed E-state index contributed by atoms with van der Waals surface area (Å²) < 4.78 is 5.78. The van der Waals surface area contributed by atoms with Gasteiger partial charge < -0.3 is 4.74 Å². The fraction of sp³-hybridized carbons (Fsp3) is 0.300. The van der Waals surface area contributed by atoms with E-state index in [0.717, 1.165) is 36.1 Å². The summed E-state index contributed by atoms with van der Waals surface area (Å²) in [7, 11) is 0. The first kappa shape index (κ1) is 17.7. The monoisotopic (exact) mass is 324 g/mol. The van der Waals surface area contributed by atoms with Gasteiger partial charge in [-0.2, -0.15) is 5.10 Å². The van der Waals surface area contributed by atoms with E-state index in [1.165, 1.54) is 0 Å². The van der Waals surface area contributed by atoms with E-state index in [0.29, 0.717) is 13.0 Å². The number of nitrogens with one attached hydrogen (secondary N) is 1. The van der Waals surface area contributed by atoms with Gasteiger partial charge in [-0.25, -0.2) is 5.43 Å². The highest BCUT2D eigenvalue weighted by Gasteiger charge is 1.99. The lowest BCUT2D eigenvalue weighted by Crippen LogP contribution is -2.16. The fourth-order valence-electron chi connectivity index (χ4n) is 2.20. The van der Waals surface area contributed by atoms with Crippen molar-refractivity contribution in [2.75, 3.05) is 0 Å². The number of rotatable bonds is 9. The standard InChI is InChI=1S/C20H24N2O2/c1-2-3-5-13-20(23)22-21-15-18-11-8-12-19(14-18)24-16-17-9-6-4-7-10-17/h4,6-12,14-15H,2-3,5,13,16H2,1H3,(H,22,23). The van der Waals surface area contributed by atoms with E-state index < -0.39 is 0 Å². The Morgan fingerprint density at radius 3 is 2.75 bits per heavy atom. The van der Waals surface area contributed by atoms with Crippen molar-refractivity contribution in [1.29, 1.82) is 0 Å². The van der Waals surface area contributed by atoms with Crippen LogP contribution in [0, 0.1) is 0 Å². The molecule has 2 rings (SSSR count). The molecule has 0 spiro atoms. The molecular formula is C20H24N2O2. The Kier molecular flexibility index (Phi) is 7.54. The van der Waals surface area contributed by atoms with Crippen molar-refractivity contribution < 1.29 is 9.53 Å². The van der Waals surface area contributed by atoms with Crippen LogP contribution in [0.3, 0.4) is 0 Å². The lowest BCUT2D eigenvalue weighted by Gasteiger charge is -2.06. The molecule has 0 saturated carbocycles. The number of hydrazone groups is 1. The first-order valence-electron chi connectivity index (χ1n) is 8.36. The van der Waals surface area contributed by atoms with E-state index in [1.807, 2.05) is 54.6 Å². The molecule has 0 aliphatic heterocycles. The van der Waals surface area contributed by atoms with Crippen LogP contribution in [0.2, 0.25) is 0 Å². The molecule has 2 aromatic rings. The molecule has 126 valence electrons. The highest BCUT2D eigenvalue weighted by Crippen LogP contribution is 2.14. The van der Waals surface area contributed by atoms with Gasteiger partial charge in [-0.15, -0.1) is 0 Å². The molecule has 0 unspecified atom stereocenters. The van der Waals surface area contributed by atoms with Gasteiger partial charge in [0, 0.05) is 6.42 Å². The molecule has 0 aliphatic carbocycles. The number of carbonyl (C=O) groups is 1. The molecule has 0 radical (unpaired) electrons. The van der Waals surface area contributed by atoms with Gasteiger partial charge in [0.15, 0.2) is 0 Å². The molecular weight excluding hydrogens is 300 g/mol. The van der Waals surface area contributed by atoms with E-state index in [9.17, 15) is 4.79 Å². The molecule has 0 saturated heterocycles. The van der Waals surface area contributed by atoms with Crippen LogP contribution >= 0.6 is 0 Å². The van der Waals surface area contributed by atoms with Crippen LogP contribution < -0.4 is 10.2 Å². The maximum atomic E-state index is 11.6. The van der Waals surface area contributed by atoms with Crippen molar-refractivity contribution in [3.8, 4) is 5.75 Å². The van der Waals surface area contributed by atoms with Crippen LogP contribution in [0.4, 0.5) is 0 Å². The van der Waals surface area contributed by atoms with Gasteiger partial charge in [0.25, 0.3) is 0 Å². The van der Waals surface area contributed by atoms with E-state index in [-0.39, 0.29) is 5.91 Å². The number of hydrogen-bond acceptors (Lipinski definition) is 3. The van der Waals surface area contributed by atoms with E-state index >= 15 is 0 Å². The summed E-state index contributed by atoms with van der Waals surface area (Å²) in [5, 5.41) is 4.00. The van der Waals surface area contributed by atoms with Gasteiger partial charge in [0.05, 0.1) is 6.21 Å². The molecule has 0 bridgehead atoms. The van der Waals surface area contributed by atoms with Crippen molar-refractivity contribution in [2.24, 2.45) is 5.10 Å². The van der Waals surface area contributed by atoms with Gasteiger partial charge in [0.1, 0.15) is 12.4 Å². The highest BCUT2D eigenvalue weighted by atomic mass is 16.5. The first-order chi connectivity index (χ1) is 11.8. The van der Waals surface area contributed by atoms with Crippen molar-refractivity contribution in [3.05, 3.63) is 65.7 Å². The summed E-state index contributed by atoms with van der Waals surface area (Å²) in [4.78, 5) is 11.6. The fourth-order valence-corrected chi connectivity index (χ4v) is 2.20. The molecule has 4 nitrogen and oxygen atoms in total. The second kappa shape index (κ2) is 10.2. The highest BCUT2D eigenvalue weighted by molar-refractivity contribution is 5.82. The minimum Gasteiger partial charge on any atom is -0.489 e. The van der Waals surface area contributed by atoms with Crippen LogP contribution in [-0.4, -0.2) is 12.1 Å². The number of carbonyl (C=O) groups excluding carboxylic acids is 1. The number of nitrogens with zero attached hydrogens (tertiary/aromatic N) is 1. The van der Waals surface area contributed by atoms with Crippen molar-refractivity contribution >= 4 is 12.1 Å². The second-order valence-corrected chi connectivity index (χ2v) is 5.60. The SMILES string of the molecule is CCCCCC(=O)NN=Cc1cccc(OCc2ccccc2)c1. The topological polar surface area (TPSA) is 50.7 Å². The normalized spacial score (nSPS) is 10.7. The number of ether oxygens (including phenoxy) is 1. The average Bonchev–Trinajstić information content (AvgIpc) is 2.61. The molecule has 0 aliphatic rings. The zero-order valence-electron chi connectivity index (χ0n) is 14.1. The molecule has 0 fully saturated rings. The number of unbranched alkanes of at least 4 members (excludes halogenated alkanes) is 2. The minimum absolute atomic E-state index is 0.0452. The molecule has 0 aromatic heterocycles. The second-order valence-electron chi connectivity index (χ2n) is 5.60. The maximum absolute atomic E-state index is 11.6. The summed E-state index contributed by atoms with van der Waals surface area (Å²) in [6.07, 6.45) is 5.23. The van der Waals surface area contributed by atoms with Gasteiger partial charge in [-0.05, 0) is 29.7 Å². The quantitative estimate of drug-likeness (QED) is 0.425. The van der Waals surface area contributed by atoms with Crippen LogP contribution in [0.25, 0.3) is 0 Å². The molecule has 4 heteroatoms. The number of amides is 1. The largest absolute Gasteiger partial charge is 0.489 e. The first-order valence-corrected chi connectivity index (χ1v) is 8.36. The Bertz CT molecular complexity index is 654. The van der Waals surface area contributed by atoms with E-state index in [1.54, 1.807) is 6.21 Å². The molecule has 24 heavy (non-hydrogen) atoms. The summed E-state index contributed by atoms with van der Waals surface area (Å²) in [5.74, 6) is 0.730. The van der Waals surface area contributed by atoms with E-state index in [4.69, 9.17) is 4.74 Å². The lowest BCUT2D eigenvalue weighted by molar-refractivity contribution is -0.121. The molecule has 0 heterocycles. The third-order valence-electron chi connectivity index (χ3n) is 3.52.